The molecule has 0 spiro atoms. The van der Waals surface area contributed by atoms with Gasteiger partial charge in [-0.25, -0.2) is 0 Å². The molecule has 0 fully saturated rings. The zero-order valence-corrected chi connectivity index (χ0v) is 6.37. The van der Waals surface area contributed by atoms with Gasteiger partial charge < -0.3 is 16.0 Å². The maximum Gasteiger partial charge on any atom is 0.153 e. The van der Waals surface area contributed by atoms with Gasteiger partial charge in [-0.1, -0.05) is 6.92 Å². The van der Waals surface area contributed by atoms with Gasteiger partial charge in [-0.2, -0.15) is 5.10 Å². The Bertz CT molecular complexity index is 264. The standard InChI is InChI=1S/C7H11N3O/c1-2-6-5(3-4-11-6)7(8)10-9/h3-4H,2,9H2,1H3,(H2,8,10). The third-order valence-corrected chi connectivity index (χ3v) is 1.48. The number of furan rings is 1. The van der Waals surface area contributed by atoms with Crippen molar-refractivity contribution in [2.45, 2.75) is 13.3 Å². The Morgan fingerprint density at radius 1 is 1.73 bits per heavy atom. The van der Waals surface area contributed by atoms with Crippen LogP contribution in [0.15, 0.2) is 21.8 Å². The van der Waals surface area contributed by atoms with Crippen LogP contribution in [0, 0.1) is 0 Å². The lowest BCUT2D eigenvalue weighted by atomic mass is 10.2. The van der Waals surface area contributed by atoms with Gasteiger partial charge in [0.1, 0.15) is 5.76 Å². The van der Waals surface area contributed by atoms with E-state index in [0.29, 0.717) is 5.84 Å². The zero-order chi connectivity index (χ0) is 8.27. The topological polar surface area (TPSA) is 77.5 Å². The monoisotopic (exact) mass is 153 g/mol. The van der Waals surface area contributed by atoms with E-state index in [1.165, 1.54) is 0 Å². The van der Waals surface area contributed by atoms with Crippen molar-refractivity contribution in [3.8, 4) is 0 Å². The van der Waals surface area contributed by atoms with Crippen molar-refractivity contribution in [3.63, 3.8) is 0 Å². The van der Waals surface area contributed by atoms with Crippen LogP contribution in [0.5, 0.6) is 0 Å². The smallest absolute Gasteiger partial charge is 0.153 e. The number of hydrogen-bond donors (Lipinski definition) is 2. The second-order valence-electron chi connectivity index (χ2n) is 2.13. The molecule has 1 rings (SSSR count). The lowest BCUT2D eigenvalue weighted by Gasteiger charge is -1.96. The van der Waals surface area contributed by atoms with Crippen molar-refractivity contribution in [2.24, 2.45) is 16.7 Å². The largest absolute Gasteiger partial charge is 0.469 e. The molecule has 0 bridgehead atoms. The predicted octanol–water partition coefficient (Wildman–Crippen LogP) is 0.421. The average Bonchev–Trinajstić information content (AvgIpc) is 2.50. The Hall–Kier alpha value is -1.45. The summed E-state index contributed by atoms with van der Waals surface area (Å²) in [7, 11) is 0. The van der Waals surface area contributed by atoms with Crippen molar-refractivity contribution in [1.82, 2.24) is 0 Å². The van der Waals surface area contributed by atoms with Gasteiger partial charge in [0.2, 0.25) is 0 Å². The van der Waals surface area contributed by atoms with E-state index in [4.69, 9.17) is 16.0 Å². The number of aryl methyl sites for hydroxylation is 1. The third kappa shape index (κ3) is 1.34. The molecule has 0 amide bonds. The van der Waals surface area contributed by atoms with Gasteiger partial charge in [-0.3, -0.25) is 0 Å². The zero-order valence-electron chi connectivity index (χ0n) is 6.37. The molecule has 1 aromatic heterocycles. The molecule has 0 saturated heterocycles. The lowest BCUT2D eigenvalue weighted by molar-refractivity contribution is 0.515. The highest BCUT2D eigenvalue weighted by Crippen LogP contribution is 2.09. The van der Waals surface area contributed by atoms with Crippen molar-refractivity contribution < 1.29 is 4.42 Å². The maximum absolute atomic E-state index is 5.48. The van der Waals surface area contributed by atoms with Crippen LogP contribution in [0.2, 0.25) is 0 Å². The highest BCUT2D eigenvalue weighted by molar-refractivity contribution is 5.98. The summed E-state index contributed by atoms with van der Waals surface area (Å²) in [5, 5.41) is 3.37. The quantitative estimate of drug-likeness (QED) is 0.280. The number of nitrogens with two attached hydrogens (primary N) is 2. The Labute approximate surface area is 64.9 Å². The maximum atomic E-state index is 5.48. The summed E-state index contributed by atoms with van der Waals surface area (Å²) in [6.45, 7) is 1.98. The molecular formula is C7H11N3O. The molecule has 0 aromatic carbocycles. The van der Waals surface area contributed by atoms with Gasteiger partial charge in [0.15, 0.2) is 5.84 Å². The van der Waals surface area contributed by atoms with E-state index in [0.717, 1.165) is 17.7 Å². The highest BCUT2D eigenvalue weighted by Gasteiger charge is 2.06. The summed E-state index contributed by atoms with van der Waals surface area (Å²) >= 11 is 0. The summed E-state index contributed by atoms with van der Waals surface area (Å²) in [5.41, 5.74) is 6.27. The Balaban J connectivity index is 3.02. The first-order valence-electron chi connectivity index (χ1n) is 3.39. The summed E-state index contributed by atoms with van der Waals surface area (Å²) in [5.74, 6) is 6.14. The van der Waals surface area contributed by atoms with Gasteiger partial charge >= 0.3 is 0 Å². The van der Waals surface area contributed by atoms with Crippen LogP contribution in [0.1, 0.15) is 18.2 Å². The second-order valence-corrected chi connectivity index (χ2v) is 2.13. The molecule has 60 valence electrons. The van der Waals surface area contributed by atoms with Crippen LogP contribution < -0.4 is 11.6 Å². The normalized spacial score (nSPS) is 11.9. The first-order valence-corrected chi connectivity index (χ1v) is 3.39. The summed E-state index contributed by atoms with van der Waals surface area (Å²) < 4.78 is 5.12. The minimum Gasteiger partial charge on any atom is -0.469 e. The minimum absolute atomic E-state index is 0.315. The van der Waals surface area contributed by atoms with Crippen LogP contribution in [0.25, 0.3) is 0 Å². The lowest BCUT2D eigenvalue weighted by Crippen LogP contribution is -2.16. The van der Waals surface area contributed by atoms with Crippen molar-refractivity contribution in [2.75, 3.05) is 0 Å². The molecule has 0 unspecified atom stereocenters. The third-order valence-electron chi connectivity index (χ3n) is 1.48. The molecule has 0 aliphatic heterocycles. The average molecular weight is 153 g/mol. The van der Waals surface area contributed by atoms with Crippen LogP contribution in [-0.2, 0) is 6.42 Å². The molecule has 0 radical (unpaired) electrons. The fourth-order valence-electron chi connectivity index (χ4n) is 0.912. The second kappa shape index (κ2) is 3.09. The van der Waals surface area contributed by atoms with E-state index < -0.39 is 0 Å². The SMILES string of the molecule is CCc1occc1/C(N)=N/N. The fraction of sp³-hybridized carbons (Fsp3) is 0.286. The molecule has 4 N–H and O–H groups in total. The van der Waals surface area contributed by atoms with Crippen LogP contribution in [0.3, 0.4) is 0 Å². The van der Waals surface area contributed by atoms with Gasteiger partial charge in [-0.15, -0.1) is 0 Å². The Kier molecular flexibility index (Phi) is 2.15. The first kappa shape index (κ1) is 7.65. The Morgan fingerprint density at radius 2 is 2.45 bits per heavy atom. The van der Waals surface area contributed by atoms with E-state index in [-0.39, 0.29) is 0 Å². The highest BCUT2D eigenvalue weighted by atomic mass is 16.3. The summed E-state index contributed by atoms with van der Waals surface area (Å²) in [6, 6.07) is 1.75. The Morgan fingerprint density at radius 3 is 3.00 bits per heavy atom. The van der Waals surface area contributed by atoms with E-state index >= 15 is 0 Å². The van der Waals surface area contributed by atoms with Gasteiger partial charge in [-0.05, 0) is 6.07 Å². The van der Waals surface area contributed by atoms with Crippen molar-refractivity contribution in [1.29, 1.82) is 0 Å². The molecule has 4 heteroatoms. The predicted molar refractivity (Wildman–Crippen MR) is 43.0 cm³/mol. The number of rotatable bonds is 2. The van der Waals surface area contributed by atoms with Crippen LogP contribution in [-0.4, -0.2) is 5.84 Å². The van der Waals surface area contributed by atoms with Crippen molar-refractivity contribution >= 4 is 5.84 Å². The molecule has 0 saturated carbocycles. The molecule has 1 heterocycles. The van der Waals surface area contributed by atoms with E-state index in [9.17, 15) is 0 Å². The van der Waals surface area contributed by atoms with E-state index in [1.54, 1.807) is 12.3 Å². The number of hydrazone groups is 1. The van der Waals surface area contributed by atoms with Crippen LogP contribution in [0.4, 0.5) is 0 Å². The van der Waals surface area contributed by atoms with Gasteiger partial charge in [0.05, 0.1) is 11.8 Å². The number of hydrogen-bond acceptors (Lipinski definition) is 3. The molecule has 4 nitrogen and oxygen atoms in total. The first-order chi connectivity index (χ1) is 5.29. The van der Waals surface area contributed by atoms with Crippen LogP contribution >= 0.6 is 0 Å². The van der Waals surface area contributed by atoms with Gasteiger partial charge in [0, 0.05) is 6.42 Å². The van der Waals surface area contributed by atoms with Gasteiger partial charge in [0.25, 0.3) is 0 Å². The number of nitrogens with zero attached hydrogens (tertiary/aromatic N) is 1. The molecule has 1 aromatic rings. The van der Waals surface area contributed by atoms with E-state index in [1.807, 2.05) is 6.92 Å². The molecule has 0 aliphatic carbocycles. The molecule has 11 heavy (non-hydrogen) atoms. The molecular weight excluding hydrogens is 142 g/mol. The van der Waals surface area contributed by atoms with E-state index in [2.05, 4.69) is 5.10 Å². The molecule has 0 atom stereocenters. The minimum atomic E-state index is 0.315. The molecule has 0 aliphatic rings. The van der Waals surface area contributed by atoms with Crippen molar-refractivity contribution in [3.05, 3.63) is 23.7 Å². The summed E-state index contributed by atoms with van der Waals surface area (Å²) in [6.07, 6.45) is 2.37. The summed E-state index contributed by atoms with van der Waals surface area (Å²) in [4.78, 5) is 0. The number of amidine groups is 1. The fourth-order valence-corrected chi connectivity index (χ4v) is 0.912.